The molecule has 0 fully saturated rings. The van der Waals surface area contributed by atoms with E-state index in [0.29, 0.717) is 22.8 Å². The van der Waals surface area contributed by atoms with Crippen LogP contribution >= 0.6 is 23.1 Å². The molecule has 0 unspecified atom stereocenters. The molecule has 0 atom stereocenters. The Hall–Kier alpha value is -2.44. The average Bonchev–Trinajstić information content (AvgIpc) is 3.37. The average molecular weight is 394 g/mol. The van der Waals surface area contributed by atoms with Crippen LogP contribution in [-0.4, -0.2) is 15.2 Å². The Bertz CT molecular complexity index is 1010. The van der Waals surface area contributed by atoms with Crippen LogP contribution in [0.3, 0.4) is 0 Å². The van der Waals surface area contributed by atoms with Crippen LogP contribution in [0.4, 0.5) is 0 Å². The van der Waals surface area contributed by atoms with Crippen LogP contribution in [0.25, 0.3) is 22.0 Å². The lowest BCUT2D eigenvalue weighted by Crippen LogP contribution is -1.87. The van der Waals surface area contributed by atoms with Gasteiger partial charge in [-0.05, 0) is 23.6 Å². The van der Waals surface area contributed by atoms with E-state index in [9.17, 15) is 0 Å². The standard InChI is InChI=1S/C21H19N3OS2/c1-14(2)15-8-10-17(11-9-15)20-22-18(12-26-20)13-27-21-24-23-19(25-21)16-6-4-3-5-7-16/h3-12,14H,13H2,1-2H3. The van der Waals surface area contributed by atoms with Crippen molar-refractivity contribution in [1.82, 2.24) is 15.2 Å². The van der Waals surface area contributed by atoms with Gasteiger partial charge in [0.1, 0.15) is 5.01 Å². The summed E-state index contributed by atoms with van der Waals surface area (Å²) in [5.74, 6) is 1.79. The number of hydrogen-bond donors (Lipinski definition) is 0. The lowest BCUT2D eigenvalue weighted by Gasteiger charge is -2.05. The van der Waals surface area contributed by atoms with E-state index < -0.39 is 0 Å². The first kappa shape index (κ1) is 17.9. The van der Waals surface area contributed by atoms with Gasteiger partial charge >= 0.3 is 0 Å². The van der Waals surface area contributed by atoms with Crippen molar-refractivity contribution in [3.05, 3.63) is 71.2 Å². The summed E-state index contributed by atoms with van der Waals surface area (Å²) >= 11 is 3.17. The monoisotopic (exact) mass is 393 g/mol. The third kappa shape index (κ3) is 4.28. The fourth-order valence-electron chi connectivity index (χ4n) is 2.62. The molecular weight excluding hydrogens is 374 g/mol. The molecule has 0 amide bonds. The fraction of sp³-hybridized carbons (Fsp3) is 0.190. The molecule has 0 N–H and O–H groups in total. The molecule has 4 nitrogen and oxygen atoms in total. The molecule has 27 heavy (non-hydrogen) atoms. The molecule has 2 aromatic carbocycles. The van der Waals surface area contributed by atoms with E-state index in [0.717, 1.165) is 21.8 Å². The van der Waals surface area contributed by atoms with E-state index in [1.54, 1.807) is 11.3 Å². The lowest BCUT2D eigenvalue weighted by molar-refractivity contribution is 0.466. The highest BCUT2D eigenvalue weighted by Gasteiger charge is 2.11. The summed E-state index contributed by atoms with van der Waals surface area (Å²) in [6, 6.07) is 18.4. The Kier molecular flexibility index (Phi) is 5.36. The number of nitrogens with zero attached hydrogens (tertiary/aromatic N) is 3. The molecular formula is C21H19N3OS2. The van der Waals surface area contributed by atoms with Gasteiger partial charge in [-0.3, -0.25) is 0 Å². The SMILES string of the molecule is CC(C)c1ccc(-c2nc(CSc3nnc(-c4ccccc4)o3)cs2)cc1. The maximum absolute atomic E-state index is 5.73. The van der Waals surface area contributed by atoms with Gasteiger partial charge in [0, 0.05) is 22.3 Å². The van der Waals surface area contributed by atoms with Crippen molar-refractivity contribution < 1.29 is 4.42 Å². The maximum Gasteiger partial charge on any atom is 0.277 e. The summed E-state index contributed by atoms with van der Waals surface area (Å²) in [5.41, 5.74) is 4.45. The van der Waals surface area contributed by atoms with Crippen LogP contribution in [0, 0.1) is 0 Å². The first-order chi connectivity index (χ1) is 13.2. The molecule has 6 heteroatoms. The first-order valence-electron chi connectivity index (χ1n) is 8.75. The molecule has 0 aliphatic carbocycles. The molecule has 4 rings (SSSR count). The quantitative estimate of drug-likeness (QED) is 0.361. The molecule has 0 radical (unpaired) electrons. The zero-order valence-electron chi connectivity index (χ0n) is 15.1. The number of benzene rings is 2. The number of thioether (sulfide) groups is 1. The maximum atomic E-state index is 5.73. The van der Waals surface area contributed by atoms with Crippen LogP contribution in [-0.2, 0) is 5.75 Å². The van der Waals surface area contributed by atoms with E-state index in [4.69, 9.17) is 9.40 Å². The van der Waals surface area contributed by atoms with Gasteiger partial charge in [0.25, 0.3) is 5.22 Å². The molecule has 0 aliphatic rings. The van der Waals surface area contributed by atoms with Gasteiger partial charge in [0.15, 0.2) is 0 Å². The summed E-state index contributed by atoms with van der Waals surface area (Å²) in [6.07, 6.45) is 0. The van der Waals surface area contributed by atoms with E-state index in [1.807, 2.05) is 30.3 Å². The van der Waals surface area contributed by atoms with Gasteiger partial charge in [-0.15, -0.1) is 21.5 Å². The number of hydrogen-bond acceptors (Lipinski definition) is 6. The van der Waals surface area contributed by atoms with Crippen molar-refractivity contribution >= 4 is 23.1 Å². The van der Waals surface area contributed by atoms with Crippen LogP contribution in [0.5, 0.6) is 0 Å². The Morgan fingerprint density at radius 2 is 1.74 bits per heavy atom. The van der Waals surface area contributed by atoms with Crippen LogP contribution < -0.4 is 0 Å². The summed E-state index contributed by atoms with van der Waals surface area (Å²) in [4.78, 5) is 4.74. The van der Waals surface area contributed by atoms with Gasteiger partial charge in [0.2, 0.25) is 5.89 Å². The first-order valence-corrected chi connectivity index (χ1v) is 10.6. The van der Waals surface area contributed by atoms with Crippen LogP contribution in [0.1, 0.15) is 31.0 Å². The normalized spacial score (nSPS) is 11.2. The summed E-state index contributed by atoms with van der Waals surface area (Å²) in [7, 11) is 0. The van der Waals surface area contributed by atoms with Gasteiger partial charge in [-0.25, -0.2) is 4.98 Å². The number of rotatable bonds is 6. The van der Waals surface area contributed by atoms with Gasteiger partial charge in [0.05, 0.1) is 5.69 Å². The van der Waals surface area contributed by atoms with Crippen molar-refractivity contribution in [3.63, 3.8) is 0 Å². The molecule has 0 saturated carbocycles. The summed E-state index contributed by atoms with van der Waals surface area (Å²) in [5, 5.41) is 11.9. The zero-order valence-corrected chi connectivity index (χ0v) is 16.8. The Labute approximate surface area is 166 Å². The smallest absolute Gasteiger partial charge is 0.277 e. The molecule has 2 aromatic heterocycles. The number of aromatic nitrogens is 3. The second-order valence-corrected chi connectivity index (χ2v) is 8.23. The second kappa shape index (κ2) is 8.06. The van der Waals surface area contributed by atoms with E-state index >= 15 is 0 Å². The van der Waals surface area contributed by atoms with E-state index in [-0.39, 0.29) is 0 Å². The third-order valence-electron chi connectivity index (χ3n) is 4.15. The highest BCUT2D eigenvalue weighted by Crippen LogP contribution is 2.29. The zero-order chi connectivity index (χ0) is 18.6. The molecule has 0 bridgehead atoms. The number of thiazole rings is 1. The summed E-state index contributed by atoms with van der Waals surface area (Å²) < 4.78 is 5.73. The van der Waals surface area contributed by atoms with Crippen LogP contribution in [0.15, 0.2) is 69.6 Å². The minimum atomic E-state index is 0.539. The van der Waals surface area contributed by atoms with Crippen molar-refractivity contribution in [2.75, 3.05) is 0 Å². The predicted octanol–water partition coefficient (Wildman–Crippen LogP) is 6.28. The van der Waals surface area contributed by atoms with Gasteiger partial charge in [-0.1, -0.05) is 68.1 Å². The van der Waals surface area contributed by atoms with Crippen LogP contribution in [0.2, 0.25) is 0 Å². The minimum Gasteiger partial charge on any atom is -0.411 e. The van der Waals surface area contributed by atoms with Crippen molar-refractivity contribution in [2.45, 2.75) is 30.7 Å². The Morgan fingerprint density at radius 3 is 2.48 bits per heavy atom. The summed E-state index contributed by atoms with van der Waals surface area (Å²) in [6.45, 7) is 4.41. The Balaban J connectivity index is 1.41. The van der Waals surface area contributed by atoms with Crippen molar-refractivity contribution in [1.29, 1.82) is 0 Å². The van der Waals surface area contributed by atoms with E-state index in [1.165, 1.54) is 17.3 Å². The predicted molar refractivity (Wildman–Crippen MR) is 111 cm³/mol. The molecule has 0 spiro atoms. The van der Waals surface area contributed by atoms with Gasteiger partial charge < -0.3 is 4.42 Å². The van der Waals surface area contributed by atoms with Crippen molar-refractivity contribution in [2.24, 2.45) is 0 Å². The largest absolute Gasteiger partial charge is 0.411 e. The minimum absolute atomic E-state index is 0.539. The van der Waals surface area contributed by atoms with Gasteiger partial charge in [-0.2, -0.15) is 0 Å². The third-order valence-corrected chi connectivity index (χ3v) is 5.94. The molecule has 0 aliphatic heterocycles. The fourth-order valence-corrected chi connectivity index (χ4v) is 4.20. The Morgan fingerprint density at radius 1 is 0.963 bits per heavy atom. The van der Waals surface area contributed by atoms with Crippen molar-refractivity contribution in [3.8, 4) is 22.0 Å². The molecule has 0 saturated heterocycles. The van der Waals surface area contributed by atoms with E-state index in [2.05, 4.69) is 53.7 Å². The second-order valence-electron chi connectivity index (χ2n) is 6.45. The topological polar surface area (TPSA) is 51.8 Å². The highest BCUT2D eigenvalue weighted by atomic mass is 32.2. The molecule has 2 heterocycles. The highest BCUT2D eigenvalue weighted by molar-refractivity contribution is 7.98. The lowest BCUT2D eigenvalue weighted by atomic mass is 10.0. The molecule has 4 aromatic rings. The molecule has 136 valence electrons.